The number of nitrogens with one attached hydrogen (secondary N) is 1. The van der Waals surface area contributed by atoms with Crippen LogP contribution in [0.4, 0.5) is 0 Å². The summed E-state index contributed by atoms with van der Waals surface area (Å²) in [7, 11) is 0. The number of hydrogen-bond donors (Lipinski definition) is 9. The molecular formula is C23H42N2O14. The first-order chi connectivity index (χ1) is 18.5. The lowest BCUT2D eigenvalue weighted by molar-refractivity contribution is -0.375. The van der Waals surface area contributed by atoms with Gasteiger partial charge in [0.2, 0.25) is 5.91 Å². The highest BCUT2D eigenvalue weighted by atomic mass is 16.8. The Balaban J connectivity index is 1.92. The Hall–Kier alpha value is -1.09. The third-order valence-corrected chi connectivity index (χ3v) is 6.96. The number of aliphatic hydroxyl groups is 7. The maximum absolute atomic E-state index is 11.8. The Morgan fingerprint density at radius 3 is 2.13 bits per heavy atom. The van der Waals surface area contributed by atoms with Crippen LogP contribution in [0.5, 0.6) is 0 Å². The van der Waals surface area contributed by atoms with Gasteiger partial charge >= 0.3 is 0 Å². The normalized spacial score (nSPS) is 45.2. The second-order valence-corrected chi connectivity index (χ2v) is 9.93. The van der Waals surface area contributed by atoms with Crippen LogP contribution in [-0.4, -0.2) is 154 Å². The highest BCUT2D eigenvalue weighted by Crippen LogP contribution is 2.33. The van der Waals surface area contributed by atoms with Crippen molar-refractivity contribution in [2.24, 2.45) is 5.73 Å². The Labute approximate surface area is 225 Å². The molecule has 228 valence electrons. The van der Waals surface area contributed by atoms with E-state index in [4.69, 9.17) is 34.2 Å². The molecule has 3 aliphatic rings. The topological polar surface area (TPSA) is 252 Å². The van der Waals surface area contributed by atoms with Crippen LogP contribution in [0, 0.1) is 0 Å². The van der Waals surface area contributed by atoms with E-state index >= 15 is 0 Å². The highest BCUT2D eigenvalue weighted by Gasteiger charge is 2.53. The maximum Gasteiger partial charge on any atom is 0.217 e. The van der Waals surface area contributed by atoms with Crippen molar-refractivity contribution in [1.82, 2.24) is 5.32 Å². The van der Waals surface area contributed by atoms with Gasteiger partial charge in [-0.15, -0.1) is 0 Å². The molecule has 0 radical (unpaired) electrons. The minimum absolute atomic E-state index is 0.108. The van der Waals surface area contributed by atoms with E-state index in [1.165, 1.54) is 13.8 Å². The summed E-state index contributed by atoms with van der Waals surface area (Å²) >= 11 is 0. The number of amides is 1. The molecule has 10 N–H and O–H groups in total. The van der Waals surface area contributed by atoms with E-state index in [2.05, 4.69) is 5.32 Å². The molecular weight excluding hydrogens is 528 g/mol. The first-order valence-electron chi connectivity index (χ1n) is 13.0. The van der Waals surface area contributed by atoms with Crippen LogP contribution in [0.1, 0.15) is 26.7 Å². The zero-order valence-corrected chi connectivity index (χ0v) is 21.9. The van der Waals surface area contributed by atoms with E-state index in [1.54, 1.807) is 0 Å². The summed E-state index contributed by atoms with van der Waals surface area (Å²) in [5.41, 5.74) is 5.56. The molecule has 5 unspecified atom stereocenters. The lowest BCUT2D eigenvalue weighted by atomic mass is 9.95. The van der Waals surface area contributed by atoms with Crippen LogP contribution in [0.2, 0.25) is 0 Å². The van der Waals surface area contributed by atoms with Gasteiger partial charge in [0.25, 0.3) is 0 Å². The standard InChI is InChI=1S/C23H42N2O14/c1-9-16(30)11(29)6-14(35-9)38-21-20(18(32)13(8-27)37-23(21)34-5-3-4-24)39-22-15(25-10(2)28)19(33)17(31)12(7-26)36-22/h9,11-23,26-27,29-33H,3-8,24H2,1-2H3,(H,25,28)/t9?,11-,12?,13?,14+,15+,16-,17+,18+,19?,20?,21+,22-,23-/m1/s1. The minimum Gasteiger partial charge on any atom is -0.394 e. The number of ether oxygens (including phenoxy) is 6. The molecule has 0 aromatic heterocycles. The molecule has 0 aromatic rings. The molecule has 0 aliphatic carbocycles. The third kappa shape index (κ3) is 7.81. The van der Waals surface area contributed by atoms with Gasteiger partial charge in [-0.25, -0.2) is 0 Å². The molecule has 3 heterocycles. The smallest absolute Gasteiger partial charge is 0.217 e. The van der Waals surface area contributed by atoms with Crippen molar-refractivity contribution in [3.05, 3.63) is 0 Å². The molecule has 39 heavy (non-hydrogen) atoms. The summed E-state index contributed by atoms with van der Waals surface area (Å²) in [6.45, 7) is 1.78. The Morgan fingerprint density at radius 2 is 1.54 bits per heavy atom. The lowest BCUT2D eigenvalue weighted by Crippen LogP contribution is -2.68. The number of rotatable bonds is 11. The van der Waals surface area contributed by atoms with Gasteiger partial charge in [0.05, 0.1) is 32.0 Å². The van der Waals surface area contributed by atoms with Crippen LogP contribution < -0.4 is 11.1 Å². The van der Waals surface area contributed by atoms with E-state index in [-0.39, 0.29) is 13.0 Å². The van der Waals surface area contributed by atoms with E-state index in [0.29, 0.717) is 13.0 Å². The Kier molecular flexibility index (Phi) is 12.2. The van der Waals surface area contributed by atoms with Crippen molar-refractivity contribution < 1.29 is 69.0 Å². The highest BCUT2D eigenvalue weighted by molar-refractivity contribution is 5.73. The Bertz CT molecular complexity index is 754. The fourth-order valence-corrected chi connectivity index (χ4v) is 4.79. The van der Waals surface area contributed by atoms with E-state index in [0.717, 1.165) is 0 Å². The molecule has 16 nitrogen and oxygen atoms in total. The first kappa shape index (κ1) is 32.4. The molecule has 3 aliphatic heterocycles. The zero-order valence-electron chi connectivity index (χ0n) is 21.9. The average Bonchev–Trinajstić information content (AvgIpc) is 2.89. The average molecular weight is 571 g/mol. The maximum atomic E-state index is 11.8. The number of hydrogen-bond acceptors (Lipinski definition) is 15. The van der Waals surface area contributed by atoms with Crippen LogP contribution in [0.15, 0.2) is 0 Å². The predicted molar refractivity (Wildman–Crippen MR) is 127 cm³/mol. The van der Waals surface area contributed by atoms with Gasteiger partial charge in [-0.3, -0.25) is 4.79 Å². The van der Waals surface area contributed by atoms with E-state index in [9.17, 15) is 40.5 Å². The predicted octanol–water partition coefficient (Wildman–Crippen LogP) is -5.00. The van der Waals surface area contributed by atoms with Crippen molar-refractivity contribution in [1.29, 1.82) is 0 Å². The monoisotopic (exact) mass is 570 g/mol. The summed E-state index contributed by atoms with van der Waals surface area (Å²) in [5, 5.41) is 74.3. The van der Waals surface area contributed by atoms with Gasteiger partial charge in [-0.2, -0.15) is 0 Å². The van der Waals surface area contributed by atoms with E-state index in [1.807, 2.05) is 0 Å². The number of nitrogens with two attached hydrogens (primary N) is 1. The van der Waals surface area contributed by atoms with Crippen LogP contribution in [0.25, 0.3) is 0 Å². The van der Waals surface area contributed by atoms with Crippen molar-refractivity contribution in [2.45, 2.75) is 113 Å². The summed E-state index contributed by atoms with van der Waals surface area (Å²) < 4.78 is 34.9. The fraction of sp³-hybridized carbons (Fsp3) is 0.957. The quantitative estimate of drug-likeness (QED) is 0.105. The van der Waals surface area contributed by atoms with E-state index < -0.39 is 105 Å². The molecule has 0 saturated carbocycles. The molecule has 3 rings (SSSR count). The van der Waals surface area contributed by atoms with Crippen molar-refractivity contribution >= 4 is 5.91 Å². The van der Waals surface area contributed by atoms with Gasteiger partial charge < -0.3 is 75.2 Å². The summed E-state index contributed by atoms with van der Waals surface area (Å²) in [6, 6.07) is -1.33. The van der Waals surface area contributed by atoms with Gasteiger partial charge in [0, 0.05) is 13.3 Å². The number of carbonyl (C=O) groups is 1. The second-order valence-electron chi connectivity index (χ2n) is 9.93. The summed E-state index contributed by atoms with van der Waals surface area (Å²) in [5.74, 6) is -0.584. The fourth-order valence-electron chi connectivity index (χ4n) is 4.79. The SMILES string of the molecule is CC(=O)N[C@H]1C(O)[C@@H](O)C(CO)O[C@@H]1OC1[C@@H](O)C(CO)O[C@@H](OCCCN)[C@H]1O[C@H]1C[C@@H](O)[C@H](O)C(C)O1. The van der Waals surface area contributed by atoms with Crippen molar-refractivity contribution in [3.63, 3.8) is 0 Å². The molecule has 0 spiro atoms. The number of carbonyl (C=O) groups excluding carboxylic acids is 1. The van der Waals surface area contributed by atoms with Crippen LogP contribution >= 0.6 is 0 Å². The van der Waals surface area contributed by atoms with Gasteiger partial charge in [-0.05, 0) is 19.9 Å². The van der Waals surface area contributed by atoms with Crippen molar-refractivity contribution in [2.75, 3.05) is 26.4 Å². The molecule has 1 amide bonds. The lowest BCUT2D eigenvalue weighted by Gasteiger charge is -2.49. The summed E-state index contributed by atoms with van der Waals surface area (Å²) in [4.78, 5) is 11.8. The molecule has 0 bridgehead atoms. The Morgan fingerprint density at radius 1 is 0.897 bits per heavy atom. The zero-order chi connectivity index (χ0) is 28.9. The number of aliphatic hydroxyl groups excluding tert-OH is 7. The van der Waals surface area contributed by atoms with Crippen LogP contribution in [0.3, 0.4) is 0 Å². The van der Waals surface area contributed by atoms with Gasteiger partial charge in [-0.1, -0.05) is 0 Å². The molecule has 16 heteroatoms. The van der Waals surface area contributed by atoms with Gasteiger partial charge in [0.1, 0.15) is 54.9 Å². The largest absolute Gasteiger partial charge is 0.394 e. The van der Waals surface area contributed by atoms with Crippen LogP contribution in [-0.2, 0) is 33.2 Å². The molecule has 3 saturated heterocycles. The van der Waals surface area contributed by atoms with Crippen molar-refractivity contribution in [3.8, 4) is 0 Å². The molecule has 3 fully saturated rings. The molecule has 14 atom stereocenters. The summed E-state index contributed by atoms with van der Waals surface area (Å²) in [6.07, 6.45) is -16.7. The third-order valence-electron chi connectivity index (χ3n) is 6.96. The first-order valence-corrected chi connectivity index (χ1v) is 13.0. The van der Waals surface area contributed by atoms with Gasteiger partial charge in [0.15, 0.2) is 18.9 Å². The minimum atomic E-state index is -1.62. The molecule has 0 aromatic carbocycles. The second kappa shape index (κ2) is 14.7.